The molecule has 3 heteroatoms. The van der Waals surface area contributed by atoms with Crippen LogP contribution in [0.4, 0.5) is 5.69 Å². The number of ether oxygens (including phenoxy) is 1. The maximum absolute atomic E-state index is 9.19. The number of aliphatic hydroxyl groups is 1. The van der Waals surface area contributed by atoms with Crippen LogP contribution < -0.4 is 10.5 Å². The van der Waals surface area contributed by atoms with E-state index < -0.39 is 0 Å². The van der Waals surface area contributed by atoms with Crippen molar-refractivity contribution in [1.29, 1.82) is 0 Å². The maximum Gasteiger partial charge on any atom is 0.133 e. The lowest BCUT2D eigenvalue weighted by Gasteiger charge is -2.10. The van der Waals surface area contributed by atoms with E-state index in [-0.39, 0.29) is 6.61 Å². The summed E-state index contributed by atoms with van der Waals surface area (Å²) in [6.07, 6.45) is 5.54. The largest absolute Gasteiger partial charge is 0.457 e. The molecule has 0 aliphatic rings. The van der Waals surface area contributed by atoms with Gasteiger partial charge in [-0.05, 0) is 30.3 Å². The fourth-order valence-electron chi connectivity index (χ4n) is 1.94. The minimum Gasteiger partial charge on any atom is -0.457 e. The molecule has 2 aromatic rings. The van der Waals surface area contributed by atoms with Crippen molar-refractivity contribution in [3.63, 3.8) is 0 Å². The molecular weight excluding hydrogens is 274 g/mol. The van der Waals surface area contributed by atoms with Crippen molar-refractivity contribution in [3.05, 3.63) is 54.1 Å². The average molecular weight is 301 g/mol. The molecule has 0 saturated heterocycles. The number of para-hydroxylation sites is 1. The molecule has 0 atom stereocenters. The zero-order valence-corrected chi connectivity index (χ0v) is 13.6. The topological polar surface area (TPSA) is 55.5 Å². The summed E-state index contributed by atoms with van der Waals surface area (Å²) in [7, 11) is 0. The molecule has 2 rings (SSSR count). The van der Waals surface area contributed by atoms with Gasteiger partial charge in [-0.1, -0.05) is 57.7 Å². The Balaban J connectivity index is 0.000000346. The van der Waals surface area contributed by atoms with Crippen LogP contribution in [0.15, 0.2) is 48.5 Å². The molecule has 0 heterocycles. The number of nitrogen functional groups attached to an aromatic ring is 1. The van der Waals surface area contributed by atoms with E-state index >= 15 is 0 Å². The van der Waals surface area contributed by atoms with Crippen molar-refractivity contribution in [2.24, 2.45) is 0 Å². The molecule has 0 aliphatic carbocycles. The van der Waals surface area contributed by atoms with Gasteiger partial charge in [-0.15, -0.1) is 0 Å². The van der Waals surface area contributed by atoms with E-state index in [2.05, 4.69) is 13.8 Å². The van der Waals surface area contributed by atoms with Gasteiger partial charge in [0.2, 0.25) is 0 Å². The van der Waals surface area contributed by atoms with Gasteiger partial charge in [0, 0.05) is 11.3 Å². The summed E-state index contributed by atoms with van der Waals surface area (Å²) in [6.45, 7) is 4.37. The Morgan fingerprint density at radius 1 is 0.955 bits per heavy atom. The van der Waals surface area contributed by atoms with E-state index in [0.717, 1.165) is 5.75 Å². The van der Waals surface area contributed by atoms with E-state index in [1.807, 2.05) is 30.3 Å². The molecule has 0 unspecified atom stereocenters. The fourth-order valence-corrected chi connectivity index (χ4v) is 1.94. The number of unbranched alkanes of at least 4 members (excludes halogenated alkanes) is 3. The SMILES string of the molecule is CCCCCC.Nc1ccc(Oc2ccccc2)c(CO)c1. The zero-order valence-electron chi connectivity index (χ0n) is 13.6. The second kappa shape index (κ2) is 10.7. The van der Waals surface area contributed by atoms with Gasteiger partial charge < -0.3 is 15.6 Å². The van der Waals surface area contributed by atoms with Crippen molar-refractivity contribution in [2.75, 3.05) is 5.73 Å². The van der Waals surface area contributed by atoms with Crippen LogP contribution in [0, 0.1) is 0 Å². The van der Waals surface area contributed by atoms with Crippen LogP contribution in [-0.2, 0) is 6.61 Å². The number of rotatable bonds is 6. The van der Waals surface area contributed by atoms with Crippen LogP contribution in [0.1, 0.15) is 45.1 Å². The van der Waals surface area contributed by atoms with Gasteiger partial charge in [-0.3, -0.25) is 0 Å². The molecular formula is C19H27NO2. The fraction of sp³-hybridized carbons (Fsp3) is 0.368. The predicted octanol–water partition coefficient (Wildman–Crippen LogP) is 5.14. The number of hydrogen-bond donors (Lipinski definition) is 2. The van der Waals surface area contributed by atoms with Gasteiger partial charge in [0.15, 0.2) is 0 Å². The average Bonchev–Trinajstić information content (AvgIpc) is 2.56. The molecule has 3 N–H and O–H groups in total. The van der Waals surface area contributed by atoms with E-state index in [1.165, 1.54) is 25.7 Å². The molecule has 0 saturated carbocycles. The predicted molar refractivity (Wildman–Crippen MR) is 93.1 cm³/mol. The summed E-state index contributed by atoms with van der Waals surface area (Å²) in [5, 5.41) is 9.19. The highest BCUT2D eigenvalue weighted by molar-refractivity contribution is 5.48. The first-order chi connectivity index (χ1) is 10.7. The summed E-state index contributed by atoms with van der Waals surface area (Å²) in [5.41, 5.74) is 6.93. The van der Waals surface area contributed by atoms with Crippen LogP contribution in [-0.4, -0.2) is 5.11 Å². The zero-order chi connectivity index (χ0) is 16.2. The van der Waals surface area contributed by atoms with Crippen molar-refractivity contribution in [1.82, 2.24) is 0 Å². The van der Waals surface area contributed by atoms with Gasteiger partial charge in [0.1, 0.15) is 11.5 Å². The smallest absolute Gasteiger partial charge is 0.133 e. The third kappa shape index (κ3) is 6.64. The second-order valence-corrected chi connectivity index (χ2v) is 5.15. The number of aliphatic hydroxyl groups excluding tert-OH is 1. The maximum atomic E-state index is 9.19. The van der Waals surface area contributed by atoms with E-state index in [9.17, 15) is 5.11 Å². The highest BCUT2D eigenvalue weighted by Crippen LogP contribution is 2.26. The lowest BCUT2D eigenvalue weighted by molar-refractivity contribution is 0.276. The summed E-state index contributed by atoms with van der Waals surface area (Å²) in [5.74, 6) is 1.37. The number of nitrogens with two attached hydrogens (primary N) is 1. The molecule has 2 aromatic carbocycles. The third-order valence-electron chi connectivity index (χ3n) is 3.18. The molecule has 0 radical (unpaired) electrons. The molecule has 0 bridgehead atoms. The van der Waals surface area contributed by atoms with Gasteiger partial charge in [-0.2, -0.15) is 0 Å². The van der Waals surface area contributed by atoms with Crippen molar-refractivity contribution in [3.8, 4) is 11.5 Å². The Bertz CT molecular complexity index is 522. The second-order valence-electron chi connectivity index (χ2n) is 5.15. The Labute approximate surface area is 133 Å². The van der Waals surface area contributed by atoms with Crippen LogP contribution in [0.25, 0.3) is 0 Å². The number of benzene rings is 2. The van der Waals surface area contributed by atoms with E-state index in [4.69, 9.17) is 10.5 Å². The Kier molecular flexibility index (Phi) is 8.77. The standard InChI is InChI=1S/C13H13NO2.C6H14/c14-11-6-7-13(10(8-11)9-15)16-12-4-2-1-3-5-12;1-3-5-6-4-2/h1-8,15H,9,14H2;3-6H2,1-2H3. The van der Waals surface area contributed by atoms with Crippen LogP contribution in [0.5, 0.6) is 11.5 Å². The van der Waals surface area contributed by atoms with Gasteiger partial charge >= 0.3 is 0 Å². The van der Waals surface area contributed by atoms with Crippen LogP contribution in [0.3, 0.4) is 0 Å². The molecule has 3 nitrogen and oxygen atoms in total. The summed E-state index contributed by atoms with van der Waals surface area (Å²) >= 11 is 0. The van der Waals surface area contributed by atoms with Gasteiger partial charge in [0.25, 0.3) is 0 Å². The van der Waals surface area contributed by atoms with E-state index in [1.54, 1.807) is 18.2 Å². The minimum atomic E-state index is -0.0901. The molecule has 0 aromatic heterocycles. The van der Waals surface area contributed by atoms with Crippen LogP contribution >= 0.6 is 0 Å². The first-order valence-electron chi connectivity index (χ1n) is 7.93. The lowest BCUT2D eigenvalue weighted by Crippen LogP contribution is -1.94. The highest BCUT2D eigenvalue weighted by atomic mass is 16.5. The number of anilines is 1. The molecule has 120 valence electrons. The molecule has 0 fully saturated rings. The molecule has 0 amide bonds. The molecule has 0 spiro atoms. The Hall–Kier alpha value is -2.00. The van der Waals surface area contributed by atoms with Gasteiger partial charge in [0.05, 0.1) is 6.61 Å². The molecule has 0 aliphatic heterocycles. The molecule has 22 heavy (non-hydrogen) atoms. The summed E-state index contributed by atoms with van der Waals surface area (Å²) in [6, 6.07) is 14.6. The van der Waals surface area contributed by atoms with Gasteiger partial charge in [-0.25, -0.2) is 0 Å². The van der Waals surface area contributed by atoms with E-state index in [0.29, 0.717) is 17.0 Å². The van der Waals surface area contributed by atoms with Crippen molar-refractivity contribution >= 4 is 5.69 Å². The first kappa shape index (κ1) is 18.1. The highest BCUT2D eigenvalue weighted by Gasteiger charge is 2.04. The minimum absolute atomic E-state index is 0.0901. The number of hydrogen-bond acceptors (Lipinski definition) is 3. The summed E-state index contributed by atoms with van der Waals surface area (Å²) in [4.78, 5) is 0. The summed E-state index contributed by atoms with van der Waals surface area (Å²) < 4.78 is 5.64. The van der Waals surface area contributed by atoms with Crippen molar-refractivity contribution in [2.45, 2.75) is 46.1 Å². The third-order valence-corrected chi connectivity index (χ3v) is 3.18. The Morgan fingerprint density at radius 2 is 1.59 bits per heavy atom. The first-order valence-corrected chi connectivity index (χ1v) is 7.93. The normalized spacial score (nSPS) is 9.77. The lowest BCUT2D eigenvalue weighted by atomic mass is 10.2. The monoisotopic (exact) mass is 301 g/mol. The van der Waals surface area contributed by atoms with Crippen LogP contribution in [0.2, 0.25) is 0 Å². The Morgan fingerprint density at radius 3 is 2.14 bits per heavy atom. The van der Waals surface area contributed by atoms with Crippen molar-refractivity contribution < 1.29 is 9.84 Å². The quantitative estimate of drug-likeness (QED) is 0.573.